The Bertz CT molecular complexity index is 671. The maximum absolute atomic E-state index is 12.0. The average molecular weight is 272 g/mol. The lowest BCUT2D eigenvalue weighted by molar-refractivity contribution is -0.117. The van der Waals surface area contributed by atoms with E-state index in [2.05, 4.69) is 0 Å². The topological polar surface area (TPSA) is 67.5 Å². The number of aromatic hydroxyl groups is 1. The largest absolute Gasteiger partial charge is 0.507 e. The van der Waals surface area contributed by atoms with Crippen LogP contribution in [0.15, 0.2) is 45.6 Å². The Morgan fingerprint density at radius 3 is 2.50 bits per heavy atom. The SMILES string of the molecule is CC(=O)CC(c1ccccc1)c1c(O)cc(C)oc1=O. The summed E-state index contributed by atoms with van der Waals surface area (Å²) >= 11 is 0. The molecule has 0 saturated heterocycles. The molecular weight excluding hydrogens is 256 g/mol. The van der Waals surface area contributed by atoms with Crippen LogP contribution in [0, 0.1) is 6.92 Å². The quantitative estimate of drug-likeness (QED) is 0.929. The summed E-state index contributed by atoms with van der Waals surface area (Å²) in [4.78, 5) is 23.5. The molecule has 1 unspecified atom stereocenters. The van der Waals surface area contributed by atoms with Gasteiger partial charge in [-0.3, -0.25) is 4.79 Å². The van der Waals surface area contributed by atoms with Gasteiger partial charge in [0.15, 0.2) is 0 Å². The van der Waals surface area contributed by atoms with Crippen LogP contribution in [0.2, 0.25) is 0 Å². The molecular formula is C16H16O4. The van der Waals surface area contributed by atoms with Crippen molar-refractivity contribution in [3.05, 3.63) is 63.7 Å². The molecule has 2 rings (SSSR count). The van der Waals surface area contributed by atoms with E-state index in [0.29, 0.717) is 5.76 Å². The average Bonchev–Trinajstić information content (AvgIpc) is 2.37. The Hall–Kier alpha value is -2.36. The Balaban J connectivity index is 2.59. The molecule has 0 amide bonds. The smallest absolute Gasteiger partial charge is 0.343 e. The first kappa shape index (κ1) is 14.1. The third kappa shape index (κ3) is 2.96. The van der Waals surface area contributed by atoms with Crippen LogP contribution < -0.4 is 5.63 Å². The summed E-state index contributed by atoms with van der Waals surface area (Å²) in [6.07, 6.45) is 0.144. The highest BCUT2D eigenvalue weighted by Crippen LogP contribution is 2.32. The molecule has 1 atom stereocenters. The van der Waals surface area contributed by atoms with Crippen LogP contribution in [-0.2, 0) is 4.79 Å². The number of rotatable bonds is 4. The normalized spacial score (nSPS) is 12.1. The van der Waals surface area contributed by atoms with E-state index in [1.807, 2.05) is 30.3 Å². The molecule has 20 heavy (non-hydrogen) atoms. The molecule has 0 fully saturated rings. The lowest BCUT2D eigenvalue weighted by Gasteiger charge is -2.16. The molecule has 104 valence electrons. The second-order valence-electron chi connectivity index (χ2n) is 4.81. The second kappa shape index (κ2) is 5.74. The fourth-order valence-corrected chi connectivity index (χ4v) is 2.29. The van der Waals surface area contributed by atoms with Gasteiger partial charge in [0, 0.05) is 18.4 Å². The third-order valence-electron chi connectivity index (χ3n) is 3.13. The Kier molecular flexibility index (Phi) is 4.03. The zero-order valence-electron chi connectivity index (χ0n) is 11.4. The van der Waals surface area contributed by atoms with Gasteiger partial charge in [0.1, 0.15) is 17.3 Å². The van der Waals surface area contributed by atoms with Gasteiger partial charge in [0.25, 0.3) is 0 Å². The van der Waals surface area contributed by atoms with Gasteiger partial charge in [-0.2, -0.15) is 0 Å². The minimum atomic E-state index is -0.599. The Morgan fingerprint density at radius 1 is 1.30 bits per heavy atom. The van der Waals surface area contributed by atoms with Crippen molar-refractivity contribution in [3.8, 4) is 5.75 Å². The van der Waals surface area contributed by atoms with Crippen molar-refractivity contribution in [2.45, 2.75) is 26.2 Å². The summed E-state index contributed by atoms with van der Waals surface area (Å²) in [6, 6.07) is 10.6. The predicted octanol–water partition coefficient (Wildman–Crippen LogP) is 2.76. The molecule has 4 heteroatoms. The van der Waals surface area contributed by atoms with Crippen LogP contribution in [0.1, 0.15) is 36.1 Å². The van der Waals surface area contributed by atoms with Crippen LogP contribution in [-0.4, -0.2) is 10.9 Å². The van der Waals surface area contributed by atoms with Crippen molar-refractivity contribution in [3.63, 3.8) is 0 Å². The van der Waals surface area contributed by atoms with E-state index in [4.69, 9.17) is 4.42 Å². The van der Waals surface area contributed by atoms with Crippen LogP contribution in [0.4, 0.5) is 0 Å². The van der Waals surface area contributed by atoms with Gasteiger partial charge in [-0.1, -0.05) is 30.3 Å². The van der Waals surface area contributed by atoms with Crippen LogP contribution >= 0.6 is 0 Å². The van der Waals surface area contributed by atoms with Crippen molar-refractivity contribution in [1.29, 1.82) is 0 Å². The van der Waals surface area contributed by atoms with Crippen LogP contribution in [0.5, 0.6) is 5.75 Å². The van der Waals surface area contributed by atoms with Gasteiger partial charge < -0.3 is 9.52 Å². The number of hydrogen-bond donors (Lipinski definition) is 1. The highest BCUT2D eigenvalue weighted by Gasteiger charge is 2.24. The third-order valence-corrected chi connectivity index (χ3v) is 3.13. The lowest BCUT2D eigenvalue weighted by Crippen LogP contribution is -2.16. The molecule has 0 radical (unpaired) electrons. The van der Waals surface area contributed by atoms with Crippen molar-refractivity contribution >= 4 is 5.78 Å². The van der Waals surface area contributed by atoms with E-state index in [-0.39, 0.29) is 23.5 Å². The number of carbonyl (C=O) groups excluding carboxylic acids is 1. The molecule has 0 spiro atoms. The summed E-state index contributed by atoms with van der Waals surface area (Å²) in [6.45, 7) is 3.05. The highest BCUT2D eigenvalue weighted by molar-refractivity contribution is 5.77. The van der Waals surface area contributed by atoms with Gasteiger partial charge >= 0.3 is 5.63 Å². The van der Waals surface area contributed by atoms with Gasteiger partial charge in [0.2, 0.25) is 0 Å². The standard InChI is InChI=1S/C16H16O4/c1-10(17)8-13(12-6-4-3-5-7-12)15-14(18)9-11(2)20-16(15)19/h3-7,9,13,18H,8H2,1-2H3. The second-order valence-corrected chi connectivity index (χ2v) is 4.81. The molecule has 0 aliphatic heterocycles. The lowest BCUT2D eigenvalue weighted by atomic mass is 9.87. The number of ketones is 1. The van der Waals surface area contributed by atoms with Gasteiger partial charge in [-0.15, -0.1) is 0 Å². The summed E-state index contributed by atoms with van der Waals surface area (Å²) in [5.74, 6) is -0.344. The number of carbonyl (C=O) groups is 1. The summed E-state index contributed by atoms with van der Waals surface area (Å²) in [5, 5.41) is 10.0. The van der Waals surface area contributed by atoms with E-state index in [1.54, 1.807) is 6.92 Å². The fraction of sp³-hybridized carbons (Fsp3) is 0.250. The van der Waals surface area contributed by atoms with Crippen LogP contribution in [0.3, 0.4) is 0 Å². The van der Waals surface area contributed by atoms with E-state index < -0.39 is 11.5 Å². The monoisotopic (exact) mass is 272 g/mol. The molecule has 0 aliphatic carbocycles. The zero-order chi connectivity index (χ0) is 14.7. The molecule has 4 nitrogen and oxygen atoms in total. The molecule has 0 bridgehead atoms. The van der Waals surface area contributed by atoms with Crippen molar-refractivity contribution in [2.24, 2.45) is 0 Å². The van der Waals surface area contributed by atoms with Crippen molar-refractivity contribution in [2.75, 3.05) is 0 Å². The molecule has 1 heterocycles. The molecule has 0 aliphatic rings. The molecule has 1 aromatic carbocycles. The Labute approximate surface area is 116 Å². The Morgan fingerprint density at radius 2 is 1.95 bits per heavy atom. The maximum atomic E-state index is 12.0. The van der Waals surface area contributed by atoms with E-state index in [0.717, 1.165) is 5.56 Å². The zero-order valence-corrected chi connectivity index (χ0v) is 11.4. The summed E-state index contributed by atoms with van der Waals surface area (Å²) in [5.41, 5.74) is 0.337. The highest BCUT2D eigenvalue weighted by atomic mass is 16.4. The molecule has 2 aromatic rings. The van der Waals surface area contributed by atoms with E-state index in [9.17, 15) is 14.7 Å². The molecule has 0 saturated carbocycles. The predicted molar refractivity (Wildman–Crippen MR) is 75.0 cm³/mol. The number of aryl methyl sites for hydroxylation is 1. The van der Waals surface area contributed by atoms with Crippen molar-refractivity contribution in [1.82, 2.24) is 0 Å². The maximum Gasteiger partial charge on any atom is 0.343 e. The van der Waals surface area contributed by atoms with Crippen molar-refractivity contribution < 1.29 is 14.3 Å². The van der Waals surface area contributed by atoms with Crippen LogP contribution in [0.25, 0.3) is 0 Å². The van der Waals surface area contributed by atoms with Gasteiger partial charge in [-0.25, -0.2) is 4.79 Å². The number of benzene rings is 1. The van der Waals surface area contributed by atoms with Gasteiger partial charge in [-0.05, 0) is 19.4 Å². The first-order chi connectivity index (χ1) is 9.49. The first-order valence-corrected chi connectivity index (χ1v) is 6.37. The fourth-order valence-electron chi connectivity index (χ4n) is 2.29. The number of Topliss-reactive ketones (excluding diaryl/α,β-unsaturated/α-hetero) is 1. The first-order valence-electron chi connectivity index (χ1n) is 6.37. The minimum Gasteiger partial charge on any atom is -0.507 e. The van der Waals surface area contributed by atoms with E-state index >= 15 is 0 Å². The molecule has 1 aromatic heterocycles. The molecule has 1 N–H and O–H groups in total. The summed E-state index contributed by atoms with van der Waals surface area (Å²) < 4.78 is 5.05. The minimum absolute atomic E-state index is 0.0572. The summed E-state index contributed by atoms with van der Waals surface area (Å²) in [7, 11) is 0. The van der Waals surface area contributed by atoms with Gasteiger partial charge in [0.05, 0.1) is 5.56 Å². The number of hydrogen-bond acceptors (Lipinski definition) is 4. The van der Waals surface area contributed by atoms with E-state index in [1.165, 1.54) is 13.0 Å².